The van der Waals surface area contributed by atoms with Crippen LogP contribution in [0, 0.1) is 5.92 Å². The highest BCUT2D eigenvalue weighted by Crippen LogP contribution is 2.25. The molecule has 5 heteroatoms. The molecule has 0 aromatic heterocycles. The molecular formula is C14H28N2O3. The molecular weight excluding hydrogens is 244 g/mol. The predicted octanol–water partition coefficient (Wildman–Crippen LogP) is 0.350. The van der Waals surface area contributed by atoms with Gasteiger partial charge >= 0.3 is 0 Å². The number of ether oxygens (including phenoxy) is 3. The fourth-order valence-corrected chi connectivity index (χ4v) is 3.09. The summed E-state index contributed by atoms with van der Waals surface area (Å²) >= 11 is 0. The Balaban J connectivity index is 1.48. The van der Waals surface area contributed by atoms with Gasteiger partial charge in [-0.15, -0.1) is 0 Å². The van der Waals surface area contributed by atoms with Gasteiger partial charge in [0.2, 0.25) is 0 Å². The largest absolute Gasteiger partial charge is 0.382 e. The van der Waals surface area contributed by atoms with Crippen LogP contribution in [-0.4, -0.2) is 77.3 Å². The van der Waals surface area contributed by atoms with Gasteiger partial charge < -0.3 is 19.5 Å². The smallest absolute Gasteiger partial charge is 0.0701 e. The van der Waals surface area contributed by atoms with E-state index in [1.165, 1.54) is 25.9 Å². The number of hydrogen-bond donors (Lipinski definition) is 1. The molecule has 112 valence electrons. The first-order valence-corrected chi connectivity index (χ1v) is 7.51. The number of hydrogen-bond acceptors (Lipinski definition) is 5. The van der Waals surface area contributed by atoms with Crippen molar-refractivity contribution in [1.29, 1.82) is 0 Å². The van der Waals surface area contributed by atoms with Crippen LogP contribution in [0.5, 0.6) is 0 Å². The van der Waals surface area contributed by atoms with Gasteiger partial charge in [0, 0.05) is 26.2 Å². The van der Waals surface area contributed by atoms with Gasteiger partial charge in [0.15, 0.2) is 0 Å². The maximum absolute atomic E-state index is 5.64. The number of rotatable bonds is 9. The summed E-state index contributed by atoms with van der Waals surface area (Å²) in [4.78, 5) is 2.60. The highest BCUT2D eigenvalue weighted by molar-refractivity contribution is 4.91. The van der Waals surface area contributed by atoms with Gasteiger partial charge in [0.05, 0.1) is 33.0 Å². The molecule has 2 rings (SSSR count). The Morgan fingerprint density at radius 3 is 2.68 bits per heavy atom. The maximum atomic E-state index is 5.64. The molecule has 0 aromatic carbocycles. The van der Waals surface area contributed by atoms with Crippen molar-refractivity contribution in [3.63, 3.8) is 0 Å². The number of nitrogens with zero attached hydrogens (tertiary/aromatic N) is 1. The third-order valence-electron chi connectivity index (χ3n) is 4.12. The Morgan fingerprint density at radius 2 is 1.84 bits per heavy atom. The quantitative estimate of drug-likeness (QED) is 0.614. The Morgan fingerprint density at radius 1 is 1.05 bits per heavy atom. The van der Waals surface area contributed by atoms with Crippen molar-refractivity contribution in [2.24, 2.45) is 5.92 Å². The summed E-state index contributed by atoms with van der Waals surface area (Å²) in [6, 6.07) is 0.746. The maximum Gasteiger partial charge on any atom is 0.0701 e. The van der Waals surface area contributed by atoms with E-state index < -0.39 is 0 Å². The molecule has 2 atom stereocenters. The third-order valence-corrected chi connectivity index (χ3v) is 4.12. The van der Waals surface area contributed by atoms with Crippen molar-refractivity contribution in [2.45, 2.75) is 18.9 Å². The van der Waals surface area contributed by atoms with Crippen LogP contribution < -0.4 is 5.32 Å². The second-order valence-corrected chi connectivity index (χ2v) is 5.38. The lowest BCUT2D eigenvalue weighted by molar-refractivity contribution is 0.0121. The molecule has 0 aromatic rings. The van der Waals surface area contributed by atoms with Crippen LogP contribution in [0.1, 0.15) is 12.8 Å². The van der Waals surface area contributed by atoms with Gasteiger partial charge in [-0.2, -0.15) is 0 Å². The second-order valence-electron chi connectivity index (χ2n) is 5.38. The van der Waals surface area contributed by atoms with Gasteiger partial charge in [-0.05, 0) is 31.8 Å². The molecule has 2 aliphatic heterocycles. The molecule has 0 amide bonds. The van der Waals surface area contributed by atoms with E-state index in [4.69, 9.17) is 14.2 Å². The van der Waals surface area contributed by atoms with Gasteiger partial charge in [0.25, 0.3) is 0 Å². The summed E-state index contributed by atoms with van der Waals surface area (Å²) in [5, 5.41) is 3.51. The second kappa shape index (κ2) is 8.87. The molecule has 0 saturated carbocycles. The molecule has 0 aliphatic carbocycles. The molecule has 0 bridgehead atoms. The molecule has 2 fully saturated rings. The topological polar surface area (TPSA) is 43.0 Å². The minimum absolute atomic E-state index is 0.654. The fraction of sp³-hybridized carbons (Fsp3) is 1.00. The van der Waals surface area contributed by atoms with Crippen LogP contribution in [0.4, 0.5) is 0 Å². The number of methoxy groups -OCH3 is 1. The highest BCUT2D eigenvalue weighted by atomic mass is 16.5. The molecule has 19 heavy (non-hydrogen) atoms. The zero-order chi connectivity index (χ0) is 13.3. The average Bonchev–Trinajstić information content (AvgIpc) is 2.91. The van der Waals surface area contributed by atoms with Gasteiger partial charge in [-0.1, -0.05) is 0 Å². The van der Waals surface area contributed by atoms with Crippen molar-refractivity contribution in [3.8, 4) is 0 Å². The van der Waals surface area contributed by atoms with Crippen molar-refractivity contribution >= 4 is 0 Å². The first kappa shape index (κ1) is 15.2. The fourth-order valence-electron chi connectivity index (χ4n) is 3.09. The Kier molecular flexibility index (Phi) is 7.09. The minimum Gasteiger partial charge on any atom is -0.382 e. The lowest BCUT2D eigenvalue weighted by atomic mass is 9.92. The molecule has 2 aliphatic rings. The van der Waals surface area contributed by atoms with E-state index >= 15 is 0 Å². The summed E-state index contributed by atoms with van der Waals surface area (Å²) in [5.74, 6) is 0.867. The van der Waals surface area contributed by atoms with Crippen LogP contribution in [0.15, 0.2) is 0 Å². The van der Waals surface area contributed by atoms with E-state index in [0.717, 1.165) is 31.7 Å². The number of likely N-dealkylation sites (tertiary alicyclic amines) is 1. The molecule has 2 unspecified atom stereocenters. The van der Waals surface area contributed by atoms with Crippen molar-refractivity contribution in [2.75, 3.05) is 66.3 Å². The zero-order valence-electron chi connectivity index (χ0n) is 12.1. The predicted molar refractivity (Wildman–Crippen MR) is 74.5 cm³/mol. The van der Waals surface area contributed by atoms with E-state index in [2.05, 4.69) is 10.2 Å². The van der Waals surface area contributed by atoms with Crippen LogP contribution in [0.25, 0.3) is 0 Å². The number of fused-ring (bicyclic) bond motifs is 1. The van der Waals surface area contributed by atoms with Gasteiger partial charge in [0.1, 0.15) is 0 Å². The molecule has 0 radical (unpaired) electrons. The van der Waals surface area contributed by atoms with Crippen molar-refractivity contribution in [3.05, 3.63) is 0 Å². The Hall–Kier alpha value is -0.200. The molecule has 5 nitrogen and oxygen atoms in total. The monoisotopic (exact) mass is 272 g/mol. The van der Waals surface area contributed by atoms with Crippen molar-refractivity contribution < 1.29 is 14.2 Å². The van der Waals surface area contributed by atoms with E-state index in [1.807, 2.05) is 0 Å². The van der Waals surface area contributed by atoms with Gasteiger partial charge in [-0.3, -0.25) is 4.90 Å². The van der Waals surface area contributed by atoms with Crippen LogP contribution in [0.3, 0.4) is 0 Å². The van der Waals surface area contributed by atoms with E-state index in [9.17, 15) is 0 Å². The lowest BCUT2D eigenvalue weighted by Gasteiger charge is -2.36. The average molecular weight is 272 g/mol. The van der Waals surface area contributed by atoms with Crippen LogP contribution in [-0.2, 0) is 14.2 Å². The SMILES string of the molecule is COCCOCCOCCN1CCCC2CNCC21. The van der Waals surface area contributed by atoms with E-state index in [0.29, 0.717) is 26.4 Å². The Labute approximate surface area is 116 Å². The van der Waals surface area contributed by atoms with Crippen molar-refractivity contribution in [1.82, 2.24) is 10.2 Å². The summed E-state index contributed by atoms with van der Waals surface area (Å²) in [7, 11) is 1.68. The van der Waals surface area contributed by atoms with Gasteiger partial charge in [-0.25, -0.2) is 0 Å². The normalized spacial score (nSPS) is 27.6. The third kappa shape index (κ3) is 5.00. The van der Waals surface area contributed by atoms with E-state index in [1.54, 1.807) is 7.11 Å². The molecule has 2 heterocycles. The first-order chi connectivity index (χ1) is 9.42. The van der Waals surface area contributed by atoms with Crippen LogP contribution in [0.2, 0.25) is 0 Å². The summed E-state index contributed by atoms with van der Waals surface area (Å²) in [6.45, 7) is 8.13. The van der Waals surface area contributed by atoms with Crippen LogP contribution >= 0.6 is 0 Å². The summed E-state index contributed by atoms with van der Waals surface area (Å²) in [6.07, 6.45) is 2.73. The first-order valence-electron chi connectivity index (χ1n) is 7.51. The van der Waals surface area contributed by atoms with E-state index in [-0.39, 0.29) is 0 Å². The molecule has 0 spiro atoms. The summed E-state index contributed by atoms with van der Waals surface area (Å²) in [5.41, 5.74) is 0. The highest BCUT2D eigenvalue weighted by Gasteiger charge is 2.34. The molecule has 2 saturated heterocycles. The number of nitrogens with one attached hydrogen (secondary N) is 1. The standard InChI is InChI=1S/C14H28N2O3/c1-17-7-8-19-10-9-18-6-5-16-4-2-3-13-11-15-12-14(13)16/h13-15H,2-12H2,1H3. The Bertz CT molecular complexity index is 241. The zero-order valence-corrected chi connectivity index (χ0v) is 12.1. The molecule has 1 N–H and O–H groups in total. The minimum atomic E-state index is 0.654. The lowest BCUT2D eigenvalue weighted by Crippen LogP contribution is -2.46. The summed E-state index contributed by atoms with van der Waals surface area (Å²) < 4.78 is 15.9. The number of piperidine rings is 1.